The van der Waals surface area contributed by atoms with E-state index in [0.717, 1.165) is 40.5 Å². The summed E-state index contributed by atoms with van der Waals surface area (Å²) in [4.78, 5) is 12.3. The van der Waals surface area contributed by atoms with Crippen LogP contribution in [0.25, 0.3) is 11.0 Å². The van der Waals surface area contributed by atoms with Crippen LogP contribution < -0.4 is 10.6 Å². The van der Waals surface area contributed by atoms with Crippen molar-refractivity contribution in [3.05, 3.63) is 34.0 Å². The number of halogens is 1. The Morgan fingerprint density at radius 1 is 1.50 bits per heavy atom. The number of carbonyl (C=O) groups excluding carboxylic acids is 1. The Labute approximate surface area is 138 Å². The number of hydrogen-bond acceptors (Lipinski definition) is 3. The summed E-state index contributed by atoms with van der Waals surface area (Å²) < 4.78 is 6.70. The van der Waals surface area contributed by atoms with Crippen LogP contribution in [0.1, 0.15) is 35.4 Å². The van der Waals surface area contributed by atoms with Gasteiger partial charge in [0.15, 0.2) is 5.76 Å². The number of nitrogens with one attached hydrogen (secondary N) is 2. The molecular formula is C17H21BrN2O2. The topological polar surface area (TPSA) is 54.3 Å². The van der Waals surface area contributed by atoms with Crippen molar-refractivity contribution >= 4 is 32.8 Å². The van der Waals surface area contributed by atoms with E-state index in [0.29, 0.717) is 18.2 Å². The molecule has 1 aromatic carbocycles. The Morgan fingerprint density at radius 2 is 2.36 bits per heavy atom. The summed E-state index contributed by atoms with van der Waals surface area (Å²) in [6.45, 7) is 4.81. The van der Waals surface area contributed by atoms with Crippen molar-refractivity contribution in [2.24, 2.45) is 5.92 Å². The van der Waals surface area contributed by atoms with Crippen molar-refractivity contribution in [1.82, 2.24) is 10.6 Å². The SMILES string of the molecule is Cc1c(C(=O)NCCC2CCCNC2)oc2ccc(Br)cc12. The van der Waals surface area contributed by atoms with Gasteiger partial charge < -0.3 is 15.1 Å². The summed E-state index contributed by atoms with van der Waals surface area (Å²) in [5.41, 5.74) is 1.65. The molecule has 2 N–H and O–H groups in total. The van der Waals surface area contributed by atoms with Gasteiger partial charge in [-0.25, -0.2) is 0 Å². The van der Waals surface area contributed by atoms with E-state index in [1.165, 1.54) is 12.8 Å². The van der Waals surface area contributed by atoms with Gasteiger partial charge in [0.1, 0.15) is 5.58 Å². The Kier molecular flexibility index (Phi) is 4.84. The number of carbonyl (C=O) groups is 1. The zero-order valence-corrected chi connectivity index (χ0v) is 14.3. The maximum Gasteiger partial charge on any atom is 0.287 e. The number of hydrogen-bond donors (Lipinski definition) is 2. The number of rotatable bonds is 4. The first-order valence-electron chi connectivity index (χ1n) is 7.82. The van der Waals surface area contributed by atoms with Gasteiger partial charge in [0, 0.05) is 22.0 Å². The molecule has 0 aliphatic carbocycles. The van der Waals surface area contributed by atoms with Crippen LogP contribution in [0.4, 0.5) is 0 Å². The summed E-state index contributed by atoms with van der Waals surface area (Å²) >= 11 is 3.45. The number of fused-ring (bicyclic) bond motifs is 1. The molecule has 1 unspecified atom stereocenters. The van der Waals surface area contributed by atoms with Gasteiger partial charge >= 0.3 is 0 Å². The average Bonchev–Trinajstić information content (AvgIpc) is 2.85. The van der Waals surface area contributed by atoms with Crippen LogP contribution in [0.2, 0.25) is 0 Å². The fourth-order valence-electron chi connectivity index (χ4n) is 3.05. The number of piperidine rings is 1. The molecule has 3 rings (SSSR count). The minimum Gasteiger partial charge on any atom is -0.451 e. The first-order chi connectivity index (χ1) is 10.6. The summed E-state index contributed by atoms with van der Waals surface area (Å²) in [7, 11) is 0. The highest BCUT2D eigenvalue weighted by Gasteiger charge is 2.18. The van der Waals surface area contributed by atoms with Crippen LogP contribution in [0.3, 0.4) is 0 Å². The van der Waals surface area contributed by atoms with Gasteiger partial charge in [0.25, 0.3) is 5.91 Å². The summed E-state index contributed by atoms with van der Waals surface area (Å²) in [6, 6.07) is 5.79. The Morgan fingerprint density at radius 3 is 3.14 bits per heavy atom. The van der Waals surface area contributed by atoms with Gasteiger partial charge in [0.2, 0.25) is 0 Å². The van der Waals surface area contributed by atoms with Crippen LogP contribution in [0.15, 0.2) is 27.1 Å². The standard InChI is InChI=1S/C17H21BrN2O2/c1-11-14-9-13(18)4-5-15(14)22-16(11)17(21)20-8-6-12-3-2-7-19-10-12/h4-5,9,12,19H,2-3,6-8,10H2,1H3,(H,20,21). The molecule has 1 aliphatic rings. The van der Waals surface area contributed by atoms with Crippen molar-refractivity contribution < 1.29 is 9.21 Å². The second-order valence-corrected chi connectivity index (χ2v) is 6.87. The minimum atomic E-state index is -0.117. The van der Waals surface area contributed by atoms with E-state index in [9.17, 15) is 4.79 Å². The molecular weight excluding hydrogens is 344 g/mol. The molecule has 0 bridgehead atoms. The van der Waals surface area contributed by atoms with E-state index in [4.69, 9.17) is 4.42 Å². The number of amides is 1. The molecule has 5 heteroatoms. The third-order valence-electron chi connectivity index (χ3n) is 4.34. The van der Waals surface area contributed by atoms with Crippen molar-refractivity contribution in [3.63, 3.8) is 0 Å². The third kappa shape index (κ3) is 3.36. The molecule has 1 atom stereocenters. The molecule has 1 aliphatic heterocycles. The average molecular weight is 365 g/mol. The van der Waals surface area contributed by atoms with Crippen molar-refractivity contribution in [2.45, 2.75) is 26.2 Å². The molecule has 2 aromatic rings. The van der Waals surface area contributed by atoms with Crippen LogP contribution in [-0.4, -0.2) is 25.5 Å². The number of furan rings is 1. The van der Waals surface area contributed by atoms with Crippen molar-refractivity contribution in [1.29, 1.82) is 0 Å². The Balaban J connectivity index is 1.63. The zero-order chi connectivity index (χ0) is 15.5. The maximum absolute atomic E-state index is 12.3. The normalized spacial score (nSPS) is 18.5. The number of benzene rings is 1. The van der Waals surface area contributed by atoms with Crippen LogP contribution >= 0.6 is 15.9 Å². The van der Waals surface area contributed by atoms with E-state index >= 15 is 0 Å². The predicted octanol–water partition coefficient (Wildman–Crippen LogP) is 3.62. The van der Waals surface area contributed by atoms with E-state index in [1.54, 1.807) is 0 Å². The van der Waals surface area contributed by atoms with Gasteiger partial charge in [-0.2, -0.15) is 0 Å². The van der Waals surface area contributed by atoms with Gasteiger partial charge in [-0.1, -0.05) is 15.9 Å². The van der Waals surface area contributed by atoms with E-state index in [1.807, 2.05) is 25.1 Å². The molecule has 0 spiro atoms. The predicted molar refractivity (Wildman–Crippen MR) is 91.2 cm³/mol. The molecule has 0 radical (unpaired) electrons. The fraction of sp³-hybridized carbons (Fsp3) is 0.471. The van der Waals surface area contributed by atoms with Gasteiger partial charge in [0.05, 0.1) is 0 Å². The van der Waals surface area contributed by atoms with Crippen LogP contribution in [0.5, 0.6) is 0 Å². The second kappa shape index (κ2) is 6.84. The highest BCUT2D eigenvalue weighted by molar-refractivity contribution is 9.10. The molecule has 1 aromatic heterocycles. The van der Waals surface area contributed by atoms with Crippen LogP contribution in [0, 0.1) is 12.8 Å². The molecule has 0 saturated carbocycles. The molecule has 1 saturated heterocycles. The molecule has 1 amide bonds. The molecule has 22 heavy (non-hydrogen) atoms. The van der Waals surface area contributed by atoms with E-state index < -0.39 is 0 Å². The Bertz CT molecular complexity index is 675. The van der Waals surface area contributed by atoms with E-state index in [2.05, 4.69) is 26.6 Å². The summed E-state index contributed by atoms with van der Waals surface area (Å²) in [5.74, 6) is 0.977. The lowest BCUT2D eigenvalue weighted by Crippen LogP contribution is -2.33. The highest BCUT2D eigenvalue weighted by atomic mass is 79.9. The lowest BCUT2D eigenvalue weighted by Gasteiger charge is -2.22. The highest BCUT2D eigenvalue weighted by Crippen LogP contribution is 2.28. The quantitative estimate of drug-likeness (QED) is 0.870. The fourth-order valence-corrected chi connectivity index (χ4v) is 3.41. The second-order valence-electron chi connectivity index (χ2n) is 5.95. The Hall–Kier alpha value is -1.33. The first-order valence-corrected chi connectivity index (χ1v) is 8.62. The van der Waals surface area contributed by atoms with Crippen molar-refractivity contribution in [2.75, 3.05) is 19.6 Å². The third-order valence-corrected chi connectivity index (χ3v) is 4.83. The monoisotopic (exact) mass is 364 g/mol. The zero-order valence-electron chi connectivity index (χ0n) is 12.7. The lowest BCUT2D eigenvalue weighted by molar-refractivity contribution is 0.0924. The molecule has 118 valence electrons. The molecule has 1 fully saturated rings. The summed E-state index contributed by atoms with van der Waals surface area (Å²) in [6.07, 6.45) is 3.50. The molecule has 4 nitrogen and oxygen atoms in total. The lowest BCUT2D eigenvalue weighted by atomic mass is 9.96. The smallest absolute Gasteiger partial charge is 0.287 e. The number of aryl methyl sites for hydroxylation is 1. The van der Waals surface area contributed by atoms with Gasteiger partial charge in [-0.05, 0) is 63.4 Å². The summed E-state index contributed by atoms with van der Waals surface area (Å²) in [5, 5.41) is 7.37. The maximum atomic E-state index is 12.3. The van der Waals surface area contributed by atoms with Gasteiger partial charge in [-0.3, -0.25) is 4.79 Å². The minimum absolute atomic E-state index is 0.117. The van der Waals surface area contributed by atoms with Crippen molar-refractivity contribution in [3.8, 4) is 0 Å². The first kappa shape index (κ1) is 15.6. The molecule has 2 heterocycles. The van der Waals surface area contributed by atoms with Crippen LogP contribution in [-0.2, 0) is 0 Å². The van der Waals surface area contributed by atoms with Gasteiger partial charge in [-0.15, -0.1) is 0 Å². The van der Waals surface area contributed by atoms with E-state index in [-0.39, 0.29) is 5.91 Å². The largest absolute Gasteiger partial charge is 0.451 e.